The molecule has 3 heteroatoms. The lowest BCUT2D eigenvalue weighted by molar-refractivity contribution is 0.550. The van der Waals surface area contributed by atoms with Gasteiger partial charge in [0, 0.05) is 30.3 Å². The van der Waals surface area contributed by atoms with Gasteiger partial charge in [0.15, 0.2) is 0 Å². The van der Waals surface area contributed by atoms with Gasteiger partial charge >= 0.3 is 0 Å². The molecule has 0 fully saturated rings. The van der Waals surface area contributed by atoms with Crippen LogP contribution < -0.4 is 10.2 Å². The predicted molar refractivity (Wildman–Crippen MR) is 90.7 cm³/mol. The molecule has 0 atom stereocenters. The quantitative estimate of drug-likeness (QED) is 0.756. The van der Waals surface area contributed by atoms with E-state index in [1.54, 1.807) is 0 Å². The summed E-state index contributed by atoms with van der Waals surface area (Å²) in [7, 11) is 0. The van der Waals surface area contributed by atoms with E-state index in [1.165, 1.54) is 11.3 Å². The highest BCUT2D eigenvalue weighted by Gasteiger charge is 2.12. The number of hydrogen-bond acceptors (Lipinski definition) is 2. The Kier molecular flexibility index (Phi) is 7.39. The van der Waals surface area contributed by atoms with E-state index in [2.05, 4.69) is 57.0 Å². The van der Waals surface area contributed by atoms with E-state index >= 15 is 0 Å². The maximum Gasteiger partial charge on any atom is 0.0426 e. The fourth-order valence-electron chi connectivity index (χ4n) is 2.31. The molecule has 0 saturated carbocycles. The van der Waals surface area contributed by atoms with Crippen molar-refractivity contribution in [1.82, 2.24) is 5.32 Å². The zero-order valence-corrected chi connectivity index (χ0v) is 14.3. The van der Waals surface area contributed by atoms with Crippen LogP contribution in [0.1, 0.15) is 40.2 Å². The second kappa shape index (κ2) is 8.53. The molecule has 0 saturated heterocycles. The minimum Gasteiger partial charge on any atom is -0.371 e. The standard InChI is InChI=1S/C17H29ClN2/c1-6-20(12-14(4)5)17-9-16(18)8-7-15(17)11-19-10-13(2)3/h7-9,13-14,19H,6,10-12H2,1-5H3. The predicted octanol–water partition coefficient (Wildman–Crippen LogP) is 4.57. The molecule has 20 heavy (non-hydrogen) atoms. The van der Waals surface area contributed by atoms with Gasteiger partial charge in [-0.25, -0.2) is 0 Å². The first-order valence-electron chi connectivity index (χ1n) is 7.68. The molecule has 1 N–H and O–H groups in total. The molecule has 0 aliphatic carbocycles. The number of rotatable bonds is 8. The van der Waals surface area contributed by atoms with Crippen LogP contribution in [-0.4, -0.2) is 19.6 Å². The van der Waals surface area contributed by atoms with Crippen molar-refractivity contribution >= 4 is 17.3 Å². The van der Waals surface area contributed by atoms with E-state index in [-0.39, 0.29) is 0 Å². The Labute approximate surface area is 129 Å². The highest BCUT2D eigenvalue weighted by atomic mass is 35.5. The van der Waals surface area contributed by atoms with Crippen molar-refractivity contribution in [2.24, 2.45) is 11.8 Å². The van der Waals surface area contributed by atoms with Crippen molar-refractivity contribution in [2.45, 2.75) is 41.2 Å². The molecule has 1 rings (SSSR count). The third-order valence-electron chi connectivity index (χ3n) is 3.22. The summed E-state index contributed by atoms with van der Waals surface area (Å²) in [6, 6.07) is 6.23. The molecule has 0 heterocycles. The molecule has 1 aromatic rings. The summed E-state index contributed by atoms with van der Waals surface area (Å²) in [4.78, 5) is 2.42. The van der Waals surface area contributed by atoms with Gasteiger partial charge < -0.3 is 10.2 Å². The zero-order chi connectivity index (χ0) is 15.1. The second-order valence-electron chi connectivity index (χ2n) is 6.23. The Balaban J connectivity index is 2.87. The minimum atomic E-state index is 0.644. The third-order valence-corrected chi connectivity index (χ3v) is 3.46. The fraction of sp³-hybridized carbons (Fsp3) is 0.647. The topological polar surface area (TPSA) is 15.3 Å². The van der Waals surface area contributed by atoms with Crippen LogP contribution in [0.25, 0.3) is 0 Å². The summed E-state index contributed by atoms with van der Waals surface area (Å²) in [6.07, 6.45) is 0. The van der Waals surface area contributed by atoms with Gasteiger partial charge in [0.1, 0.15) is 0 Å². The van der Waals surface area contributed by atoms with Crippen molar-refractivity contribution in [2.75, 3.05) is 24.5 Å². The number of benzene rings is 1. The highest BCUT2D eigenvalue weighted by Crippen LogP contribution is 2.25. The van der Waals surface area contributed by atoms with Crippen molar-refractivity contribution < 1.29 is 0 Å². The average molecular weight is 297 g/mol. The summed E-state index contributed by atoms with van der Waals surface area (Å²) in [5.74, 6) is 1.31. The Morgan fingerprint density at radius 1 is 1.15 bits per heavy atom. The SMILES string of the molecule is CCN(CC(C)C)c1cc(Cl)ccc1CNCC(C)C. The lowest BCUT2D eigenvalue weighted by Gasteiger charge is -2.28. The molecular weight excluding hydrogens is 268 g/mol. The second-order valence-corrected chi connectivity index (χ2v) is 6.67. The van der Waals surface area contributed by atoms with E-state index < -0.39 is 0 Å². The van der Waals surface area contributed by atoms with Crippen LogP contribution in [0.4, 0.5) is 5.69 Å². The first-order chi connectivity index (χ1) is 9.43. The molecule has 0 aliphatic heterocycles. The summed E-state index contributed by atoms with van der Waals surface area (Å²) >= 11 is 6.19. The Morgan fingerprint density at radius 2 is 1.85 bits per heavy atom. The maximum absolute atomic E-state index is 6.19. The zero-order valence-electron chi connectivity index (χ0n) is 13.5. The van der Waals surface area contributed by atoms with Crippen LogP contribution in [0.5, 0.6) is 0 Å². The first-order valence-corrected chi connectivity index (χ1v) is 8.05. The third kappa shape index (κ3) is 5.72. The lowest BCUT2D eigenvalue weighted by Crippen LogP contribution is -2.29. The molecule has 0 unspecified atom stereocenters. The van der Waals surface area contributed by atoms with Crippen molar-refractivity contribution in [1.29, 1.82) is 0 Å². The molecule has 0 amide bonds. The molecule has 0 aromatic heterocycles. The fourth-order valence-corrected chi connectivity index (χ4v) is 2.48. The molecule has 1 aromatic carbocycles. The van der Waals surface area contributed by atoms with Crippen molar-refractivity contribution in [3.05, 3.63) is 28.8 Å². The van der Waals surface area contributed by atoms with Gasteiger partial charge in [0.25, 0.3) is 0 Å². The molecule has 2 nitrogen and oxygen atoms in total. The van der Waals surface area contributed by atoms with Gasteiger partial charge in [-0.15, -0.1) is 0 Å². The van der Waals surface area contributed by atoms with Crippen molar-refractivity contribution in [3.8, 4) is 0 Å². The van der Waals surface area contributed by atoms with Gasteiger partial charge in [0.2, 0.25) is 0 Å². The smallest absolute Gasteiger partial charge is 0.0426 e. The number of anilines is 1. The average Bonchev–Trinajstić information content (AvgIpc) is 2.37. The summed E-state index contributed by atoms with van der Waals surface area (Å²) in [5, 5.41) is 4.34. The number of nitrogens with one attached hydrogen (secondary N) is 1. The largest absolute Gasteiger partial charge is 0.371 e. The van der Waals surface area contributed by atoms with E-state index in [1.807, 2.05) is 6.07 Å². The van der Waals surface area contributed by atoms with Gasteiger partial charge in [-0.05, 0) is 43.0 Å². The number of hydrogen-bond donors (Lipinski definition) is 1. The number of halogens is 1. The van der Waals surface area contributed by atoms with E-state index in [0.29, 0.717) is 11.8 Å². The highest BCUT2D eigenvalue weighted by molar-refractivity contribution is 6.30. The molecule has 0 aliphatic rings. The first kappa shape index (κ1) is 17.3. The van der Waals surface area contributed by atoms with Crippen molar-refractivity contribution in [3.63, 3.8) is 0 Å². The van der Waals surface area contributed by atoms with Crippen LogP contribution in [0.15, 0.2) is 18.2 Å². The molecule has 114 valence electrons. The van der Waals surface area contributed by atoms with Crippen LogP contribution in [0.2, 0.25) is 5.02 Å². The minimum absolute atomic E-state index is 0.644. The van der Waals surface area contributed by atoms with Gasteiger partial charge in [0.05, 0.1) is 0 Å². The Bertz CT molecular complexity index is 402. The Morgan fingerprint density at radius 3 is 2.40 bits per heavy atom. The molecule has 0 radical (unpaired) electrons. The van der Waals surface area contributed by atoms with Crippen LogP contribution in [-0.2, 0) is 6.54 Å². The van der Waals surface area contributed by atoms with Gasteiger partial charge in [-0.1, -0.05) is 45.4 Å². The Hall–Kier alpha value is -0.730. The van der Waals surface area contributed by atoms with Crippen LogP contribution >= 0.6 is 11.6 Å². The normalized spacial score (nSPS) is 11.4. The van der Waals surface area contributed by atoms with E-state index in [9.17, 15) is 0 Å². The lowest BCUT2D eigenvalue weighted by atomic mass is 10.1. The monoisotopic (exact) mass is 296 g/mol. The van der Waals surface area contributed by atoms with E-state index in [4.69, 9.17) is 11.6 Å². The molecule has 0 spiro atoms. The van der Waals surface area contributed by atoms with E-state index in [0.717, 1.165) is 31.2 Å². The molecular formula is C17H29ClN2. The summed E-state index contributed by atoms with van der Waals surface area (Å²) in [6.45, 7) is 15.2. The summed E-state index contributed by atoms with van der Waals surface area (Å²) < 4.78 is 0. The number of nitrogens with zero attached hydrogens (tertiary/aromatic N) is 1. The van der Waals surface area contributed by atoms with Crippen LogP contribution in [0.3, 0.4) is 0 Å². The van der Waals surface area contributed by atoms with Gasteiger partial charge in [-0.2, -0.15) is 0 Å². The molecule has 0 bridgehead atoms. The summed E-state index contributed by atoms with van der Waals surface area (Å²) in [5.41, 5.74) is 2.60. The van der Waals surface area contributed by atoms with Gasteiger partial charge in [-0.3, -0.25) is 0 Å². The maximum atomic E-state index is 6.19. The van der Waals surface area contributed by atoms with Crippen LogP contribution in [0, 0.1) is 11.8 Å².